The third-order valence-electron chi connectivity index (χ3n) is 4.35. The van der Waals surface area contributed by atoms with Gasteiger partial charge < -0.3 is 9.47 Å². The number of ether oxygens (including phenoxy) is 2. The minimum atomic E-state index is -0.230. The molecule has 0 aromatic rings. The number of allylic oxidation sites excluding steroid dienone is 1. The second-order valence-electron chi connectivity index (χ2n) is 6.74. The van der Waals surface area contributed by atoms with Gasteiger partial charge in [0.1, 0.15) is 0 Å². The summed E-state index contributed by atoms with van der Waals surface area (Å²) in [5, 5.41) is 0. The van der Waals surface area contributed by atoms with E-state index >= 15 is 0 Å². The molecule has 0 rings (SSSR count). The van der Waals surface area contributed by atoms with E-state index in [-0.39, 0.29) is 11.9 Å². The Morgan fingerprint density at radius 2 is 1.12 bits per heavy atom. The molecule has 0 N–H and O–H groups in total. The molecule has 0 saturated heterocycles. The second kappa shape index (κ2) is 20.0. The maximum Gasteiger partial charge on any atom is 0.330 e. The van der Waals surface area contributed by atoms with E-state index in [4.69, 9.17) is 9.47 Å². The van der Waals surface area contributed by atoms with Crippen LogP contribution in [0.5, 0.6) is 0 Å². The Balaban J connectivity index is 3.16. The molecule has 0 unspecified atom stereocenters. The van der Waals surface area contributed by atoms with Crippen LogP contribution in [0.15, 0.2) is 12.2 Å². The predicted molar refractivity (Wildman–Crippen MR) is 107 cm³/mol. The third kappa shape index (κ3) is 19.0. The molecule has 152 valence electrons. The van der Waals surface area contributed by atoms with E-state index < -0.39 is 0 Å². The lowest BCUT2D eigenvalue weighted by Crippen LogP contribution is -2.03. The number of rotatable bonds is 18. The van der Waals surface area contributed by atoms with E-state index in [1.54, 1.807) is 6.08 Å². The monoisotopic (exact) mass is 368 g/mol. The molecule has 0 aromatic carbocycles. The summed E-state index contributed by atoms with van der Waals surface area (Å²) >= 11 is 0. The largest absolute Gasteiger partial charge is 0.466 e. The summed E-state index contributed by atoms with van der Waals surface area (Å²) in [5.74, 6) is -0.283. The molecule has 0 bridgehead atoms. The van der Waals surface area contributed by atoms with Gasteiger partial charge >= 0.3 is 11.9 Å². The Hall–Kier alpha value is -1.32. The Bertz CT molecular complexity index is 363. The first-order valence-corrected chi connectivity index (χ1v) is 10.7. The second-order valence-corrected chi connectivity index (χ2v) is 6.74. The van der Waals surface area contributed by atoms with Gasteiger partial charge in [-0.3, -0.25) is 4.79 Å². The van der Waals surface area contributed by atoms with Gasteiger partial charge in [-0.15, -0.1) is 0 Å². The van der Waals surface area contributed by atoms with E-state index in [2.05, 4.69) is 0 Å². The van der Waals surface area contributed by atoms with Crippen molar-refractivity contribution in [3.05, 3.63) is 12.2 Å². The molecule has 0 atom stereocenters. The fourth-order valence-electron chi connectivity index (χ4n) is 2.90. The number of hydrogen-bond acceptors (Lipinski definition) is 4. The number of hydrogen-bond donors (Lipinski definition) is 0. The zero-order valence-corrected chi connectivity index (χ0v) is 17.1. The standard InChI is InChI=1S/C22H40O4/c1-3-25-21(23)19-17-15-13-11-9-7-5-6-8-10-12-14-16-18-20-22(24)26-4-2/h17,19H,3-16,18,20H2,1-2H3/b19-17+. The van der Waals surface area contributed by atoms with Crippen LogP contribution in [-0.4, -0.2) is 25.2 Å². The summed E-state index contributed by atoms with van der Waals surface area (Å²) in [6.07, 6.45) is 20.0. The third-order valence-corrected chi connectivity index (χ3v) is 4.35. The first-order valence-electron chi connectivity index (χ1n) is 10.7. The van der Waals surface area contributed by atoms with Crippen molar-refractivity contribution < 1.29 is 19.1 Å². The highest BCUT2D eigenvalue weighted by molar-refractivity contribution is 5.81. The van der Waals surface area contributed by atoms with Gasteiger partial charge in [0.05, 0.1) is 13.2 Å². The molecule has 0 aromatic heterocycles. The highest BCUT2D eigenvalue weighted by Gasteiger charge is 2.00. The van der Waals surface area contributed by atoms with Crippen LogP contribution in [0.1, 0.15) is 104 Å². The molecule has 0 fully saturated rings. The first-order chi connectivity index (χ1) is 12.7. The van der Waals surface area contributed by atoms with Gasteiger partial charge in [-0.25, -0.2) is 4.79 Å². The Kier molecular flexibility index (Phi) is 19.0. The lowest BCUT2D eigenvalue weighted by molar-refractivity contribution is -0.143. The van der Waals surface area contributed by atoms with Crippen molar-refractivity contribution in [1.82, 2.24) is 0 Å². The summed E-state index contributed by atoms with van der Waals surface area (Å²) in [5.41, 5.74) is 0. The maximum absolute atomic E-state index is 11.2. The van der Waals surface area contributed by atoms with Gasteiger partial charge in [0.2, 0.25) is 0 Å². The molecule has 0 heterocycles. The highest BCUT2D eigenvalue weighted by Crippen LogP contribution is 2.13. The van der Waals surface area contributed by atoms with Crippen molar-refractivity contribution in [3.8, 4) is 0 Å². The highest BCUT2D eigenvalue weighted by atomic mass is 16.5. The van der Waals surface area contributed by atoms with Gasteiger partial charge in [0, 0.05) is 12.5 Å². The van der Waals surface area contributed by atoms with Crippen molar-refractivity contribution in [2.45, 2.75) is 104 Å². The molecule has 4 nitrogen and oxygen atoms in total. The Morgan fingerprint density at radius 3 is 1.62 bits per heavy atom. The SMILES string of the molecule is CCOC(=O)/C=C/CCCCCCCCCCCCCCC(=O)OCC. The molecule has 0 amide bonds. The number of esters is 2. The van der Waals surface area contributed by atoms with Crippen LogP contribution in [0.3, 0.4) is 0 Å². The summed E-state index contributed by atoms with van der Waals surface area (Å²) < 4.78 is 9.75. The molecule has 0 spiro atoms. The van der Waals surface area contributed by atoms with Crippen molar-refractivity contribution in [2.24, 2.45) is 0 Å². The summed E-state index contributed by atoms with van der Waals surface area (Å²) in [6.45, 7) is 4.61. The molecule has 0 radical (unpaired) electrons. The lowest BCUT2D eigenvalue weighted by atomic mass is 10.0. The minimum absolute atomic E-state index is 0.0532. The number of carbonyl (C=O) groups excluding carboxylic acids is 2. The van der Waals surface area contributed by atoms with Crippen LogP contribution < -0.4 is 0 Å². The summed E-state index contributed by atoms with van der Waals surface area (Å²) in [6, 6.07) is 0. The molecule has 0 aliphatic carbocycles. The molecular weight excluding hydrogens is 328 g/mol. The van der Waals surface area contributed by atoms with Gasteiger partial charge in [0.25, 0.3) is 0 Å². The van der Waals surface area contributed by atoms with Crippen LogP contribution in [-0.2, 0) is 19.1 Å². The van der Waals surface area contributed by atoms with Crippen LogP contribution >= 0.6 is 0 Å². The van der Waals surface area contributed by atoms with Crippen LogP contribution in [0, 0.1) is 0 Å². The molecule has 4 heteroatoms. The van der Waals surface area contributed by atoms with Crippen LogP contribution in [0.25, 0.3) is 0 Å². The van der Waals surface area contributed by atoms with Crippen molar-refractivity contribution in [3.63, 3.8) is 0 Å². The van der Waals surface area contributed by atoms with E-state index in [1.807, 2.05) is 19.9 Å². The molecular formula is C22H40O4. The average molecular weight is 369 g/mol. The van der Waals surface area contributed by atoms with E-state index in [0.29, 0.717) is 19.6 Å². The van der Waals surface area contributed by atoms with E-state index in [1.165, 1.54) is 57.8 Å². The molecule has 26 heavy (non-hydrogen) atoms. The minimum Gasteiger partial charge on any atom is -0.466 e. The quantitative estimate of drug-likeness (QED) is 0.166. The Labute approximate surface area is 160 Å². The Morgan fingerprint density at radius 1 is 0.654 bits per heavy atom. The maximum atomic E-state index is 11.2. The van der Waals surface area contributed by atoms with Crippen molar-refractivity contribution >= 4 is 11.9 Å². The summed E-state index contributed by atoms with van der Waals surface area (Å²) in [4.78, 5) is 22.3. The van der Waals surface area contributed by atoms with E-state index in [9.17, 15) is 9.59 Å². The fraction of sp³-hybridized carbons (Fsp3) is 0.818. The smallest absolute Gasteiger partial charge is 0.330 e. The zero-order chi connectivity index (χ0) is 19.3. The van der Waals surface area contributed by atoms with Gasteiger partial charge in [-0.1, -0.05) is 70.3 Å². The molecule has 0 aliphatic heterocycles. The van der Waals surface area contributed by atoms with Crippen LogP contribution in [0.2, 0.25) is 0 Å². The topological polar surface area (TPSA) is 52.6 Å². The molecule has 0 aliphatic rings. The first kappa shape index (κ1) is 24.7. The van der Waals surface area contributed by atoms with Crippen molar-refractivity contribution in [1.29, 1.82) is 0 Å². The van der Waals surface area contributed by atoms with Gasteiger partial charge in [-0.05, 0) is 33.1 Å². The number of unbranched alkanes of at least 4 members (excludes halogenated alkanes) is 12. The van der Waals surface area contributed by atoms with Gasteiger partial charge in [0.15, 0.2) is 0 Å². The summed E-state index contributed by atoms with van der Waals surface area (Å²) in [7, 11) is 0. The normalized spacial score (nSPS) is 11.0. The average Bonchev–Trinajstić information content (AvgIpc) is 2.61. The molecule has 0 saturated carbocycles. The number of carbonyl (C=O) groups is 2. The lowest BCUT2D eigenvalue weighted by Gasteiger charge is -2.03. The van der Waals surface area contributed by atoms with Crippen LogP contribution in [0.4, 0.5) is 0 Å². The zero-order valence-electron chi connectivity index (χ0n) is 17.1. The van der Waals surface area contributed by atoms with E-state index in [0.717, 1.165) is 25.7 Å². The van der Waals surface area contributed by atoms with Gasteiger partial charge in [-0.2, -0.15) is 0 Å². The van der Waals surface area contributed by atoms with Crippen molar-refractivity contribution in [2.75, 3.05) is 13.2 Å². The fourth-order valence-corrected chi connectivity index (χ4v) is 2.90. The predicted octanol–water partition coefficient (Wildman–Crippen LogP) is 6.13.